The Morgan fingerprint density at radius 3 is 2.69 bits per heavy atom. The van der Waals surface area contributed by atoms with E-state index in [0.717, 1.165) is 16.1 Å². The molecular formula is C24H23N3O4S. The number of nitrogens with zero attached hydrogens (tertiary/aromatic N) is 2. The second-order valence-electron chi connectivity index (χ2n) is 7.16. The molecule has 0 saturated carbocycles. The van der Waals surface area contributed by atoms with E-state index < -0.39 is 0 Å². The van der Waals surface area contributed by atoms with E-state index in [1.54, 1.807) is 38.5 Å². The summed E-state index contributed by atoms with van der Waals surface area (Å²) in [5, 5.41) is 3.34. The first-order valence-electron chi connectivity index (χ1n) is 10.1. The van der Waals surface area contributed by atoms with Gasteiger partial charge in [0.25, 0.3) is 5.91 Å². The molecule has 8 heteroatoms. The van der Waals surface area contributed by atoms with Crippen LogP contribution in [0.5, 0.6) is 11.5 Å². The number of carbonyl (C=O) groups excluding carboxylic acids is 2. The zero-order chi connectivity index (χ0) is 22.5. The van der Waals surface area contributed by atoms with Crippen LogP contribution in [-0.4, -0.2) is 42.5 Å². The number of nitrogens with one attached hydrogen (secondary N) is 1. The number of benzene rings is 2. The second-order valence-corrected chi connectivity index (χ2v) is 8.25. The Balaban J connectivity index is 1.42. The molecule has 0 atom stereocenters. The molecule has 4 rings (SSSR count). The van der Waals surface area contributed by atoms with Gasteiger partial charge >= 0.3 is 0 Å². The number of anilines is 1. The van der Waals surface area contributed by atoms with Crippen LogP contribution in [-0.2, 0) is 17.8 Å². The smallest absolute Gasteiger partial charge is 0.254 e. The van der Waals surface area contributed by atoms with Gasteiger partial charge in [-0.05, 0) is 36.4 Å². The first kappa shape index (κ1) is 21.6. The van der Waals surface area contributed by atoms with Crippen LogP contribution in [0.2, 0.25) is 0 Å². The lowest BCUT2D eigenvalue weighted by atomic mass is 10.1. The molecule has 0 saturated heterocycles. The van der Waals surface area contributed by atoms with Crippen LogP contribution in [0.25, 0.3) is 6.08 Å². The van der Waals surface area contributed by atoms with Crippen molar-refractivity contribution in [1.29, 1.82) is 0 Å². The Morgan fingerprint density at radius 1 is 1.12 bits per heavy atom. The van der Waals surface area contributed by atoms with Crippen molar-refractivity contribution < 1.29 is 19.1 Å². The van der Waals surface area contributed by atoms with Gasteiger partial charge in [0.1, 0.15) is 11.5 Å². The fraction of sp³-hybridized carbons (Fsp3) is 0.208. The molecule has 1 aliphatic heterocycles. The monoisotopic (exact) mass is 449 g/mol. The fourth-order valence-corrected chi connectivity index (χ4v) is 4.49. The third kappa shape index (κ3) is 4.81. The van der Waals surface area contributed by atoms with Crippen molar-refractivity contribution in [2.45, 2.75) is 13.0 Å². The maximum Gasteiger partial charge on any atom is 0.254 e. The van der Waals surface area contributed by atoms with E-state index in [1.165, 1.54) is 17.4 Å². The molecule has 3 aromatic rings. The van der Waals surface area contributed by atoms with Crippen molar-refractivity contribution >= 4 is 34.4 Å². The van der Waals surface area contributed by atoms with Gasteiger partial charge in [0.2, 0.25) is 5.91 Å². The third-order valence-electron chi connectivity index (χ3n) is 5.12. The first-order valence-corrected chi connectivity index (χ1v) is 10.9. The summed E-state index contributed by atoms with van der Waals surface area (Å²) in [6.45, 7) is 1.10. The summed E-state index contributed by atoms with van der Waals surface area (Å²) in [7, 11) is 3.16. The van der Waals surface area contributed by atoms with Gasteiger partial charge in [-0.3, -0.25) is 14.9 Å². The number of thiazole rings is 1. The minimum absolute atomic E-state index is 0.00501. The number of methoxy groups -OCH3 is 2. The number of hydrogen-bond acceptors (Lipinski definition) is 6. The van der Waals surface area contributed by atoms with Crippen LogP contribution in [0.1, 0.15) is 26.5 Å². The quantitative estimate of drug-likeness (QED) is 0.575. The predicted molar refractivity (Wildman–Crippen MR) is 124 cm³/mol. The van der Waals surface area contributed by atoms with Crippen molar-refractivity contribution in [3.05, 3.63) is 76.3 Å². The van der Waals surface area contributed by atoms with Crippen LogP contribution in [0.3, 0.4) is 0 Å². The maximum atomic E-state index is 12.7. The van der Waals surface area contributed by atoms with Crippen molar-refractivity contribution in [1.82, 2.24) is 9.88 Å². The number of amides is 2. The van der Waals surface area contributed by atoms with Crippen molar-refractivity contribution in [3.63, 3.8) is 0 Å². The molecule has 164 valence electrons. The van der Waals surface area contributed by atoms with E-state index in [0.29, 0.717) is 41.7 Å². The molecule has 0 radical (unpaired) electrons. The summed E-state index contributed by atoms with van der Waals surface area (Å²) in [6, 6.07) is 14.6. The highest BCUT2D eigenvalue weighted by molar-refractivity contribution is 7.15. The summed E-state index contributed by atoms with van der Waals surface area (Å²) in [5.41, 5.74) is 2.34. The summed E-state index contributed by atoms with van der Waals surface area (Å²) in [5.74, 6) is 1.03. The van der Waals surface area contributed by atoms with Gasteiger partial charge in [0.05, 0.1) is 26.5 Å². The highest BCUT2D eigenvalue weighted by Gasteiger charge is 2.25. The van der Waals surface area contributed by atoms with Crippen molar-refractivity contribution in [2.24, 2.45) is 0 Å². The second kappa shape index (κ2) is 9.65. The van der Waals surface area contributed by atoms with Crippen LogP contribution in [0.15, 0.2) is 54.6 Å². The Kier molecular flexibility index (Phi) is 6.51. The van der Waals surface area contributed by atoms with Gasteiger partial charge in [0.15, 0.2) is 5.13 Å². The van der Waals surface area contributed by atoms with Gasteiger partial charge in [-0.1, -0.05) is 29.5 Å². The fourth-order valence-electron chi connectivity index (χ4n) is 3.47. The Labute approximate surface area is 190 Å². The highest BCUT2D eigenvalue weighted by atomic mass is 32.1. The lowest BCUT2D eigenvalue weighted by molar-refractivity contribution is -0.111. The summed E-state index contributed by atoms with van der Waals surface area (Å²) < 4.78 is 10.6. The normalized spacial score (nSPS) is 13.0. The number of aromatic nitrogens is 1. The van der Waals surface area contributed by atoms with Crippen molar-refractivity contribution in [2.75, 3.05) is 26.1 Å². The minimum Gasteiger partial charge on any atom is -0.497 e. The molecule has 1 N–H and O–H groups in total. The predicted octanol–water partition coefficient (Wildman–Crippen LogP) is 4.01. The molecule has 0 aliphatic carbocycles. The Morgan fingerprint density at radius 2 is 1.94 bits per heavy atom. The van der Waals surface area contributed by atoms with Crippen LogP contribution >= 0.6 is 11.3 Å². The van der Waals surface area contributed by atoms with E-state index in [-0.39, 0.29) is 11.8 Å². The standard InChI is InChI=1S/C24H23N3O4S/c1-30-18-9-10-20(31-2)17(14-18)8-11-22(28)26-24-25-19-12-13-27(15-21(19)32-24)23(29)16-6-4-3-5-7-16/h3-11,14H,12-13,15H2,1-2H3,(H,25,26,28)/b11-8+. The summed E-state index contributed by atoms with van der Waals surface area (Å²) in [4.78, 5) is 32.5. The zero-order valence-corrected chi connectivity index (χ0v) is 18.6. The van der Waals surface area contributed by atoms with Gasteiger partial charge < -0.3 is 14.4 Å². The molecule has 2 aromatic carbocycles. The first-order chi connectivity index (χ1) is 15.6. The molecule has 1 aliphatic rings. The largest absolute Gasteiger partial charge is 0.497 e. The molecule has 0 bridgehead atoms. The molecule has 0 unspecified atom stereocenters. The minimum atomic E-state index is -0.293. The van der Waals surface area contributed by atoms with Gasteiger partial charge in [-0.15, -0.1) is 0 Å². The number of hydrogen-bond donors (Lipinski definition) is 1. The molecule has 32 heavy (non-hydrogen) atoms. The molecule has 7 nitrogen and oxygen atoms in total. The topological polar surface area (TPSA) is 80.8 Å². The van der Waals surface area contributed by atoms with E-state index >= 15 is 0 Å². The Hall–Kier alpha value is -3.65. The molecule has 1 aromatic heterocycles. The van der Waals surface area contributed by atoms with Gasteiger partial charge in [-0.25, -0.2) is 4.98 Å². The molecular weight excluding hydrogens is 426 g/mol. The summed E-state index contributed by atoms with van der Waals surface area (Å²) >= 11 is 1.40. The SMILES string of the molecule is COc1ccc(OC)c(/C=C/C(=O)Nc2nc3c(s2)CN(C(=O)c2ccccc2)CC3)c1. The Bertz CT molecular complexity index is 1160. The summed E-state index contributed by atoms with van der Waals surface area (Å²) in [6.07, 6.45) is 3.77. The number of rotatable bonds is 6. The van der Waals surface area contributed by atoms with Crippen LogP contribution < -0.4 is 14.8 Å². The lowest BCUT2D eigenvalue weighted by Crippen LogP contribution is -2.35. The zero-order valence-electron chi connectivity index (χ0n) is 17.8. The van der Waals surface area contributed by atoms with E-state index in [2.05, 4.69) is 10.3 Å². The number of fused-ring (bicyclic) bond motifs is 1. The number of carbonyl (C=O) groups is 2. The average Bonchev–Trinajstić information content (AvgIpc) is 3.23. The van der Waals surface area contributed by atoms with Crippen LogP contribution in [0, 0.1) is 0 Å². The lowest BCUT2D eigenvalue weighted by Gasteiger charge is -2.26. The molecule has 0 fully saturated rings. The highest BCUT2D eigenvalue weighted by Crippen LogP contribution is 2.29. The van der Waals surface area contributed by atoms with Crippen molar-refractivity contribution in [3.8, 4) is 11.5 Å². The van der Waals surface area contributed by atoms with E-state index in [4.69, 9.17) is 9.47 Å². The van der Waals surface area contributed by atoms with Gasteiger partial charge in [-0.2, -0.15) is 0 Å². The van der Waals surface area contributed by atoms with Crippen LogP contribution in [0.4, 0.5) is 5.13 Å². The molecule has 2 amide bonds. The molecule has 2 heterocycles. The van der Waals surface area contributed by atoms with E-state index in [9.17, 15) is 9.59 Å². The van der Waals surface area contributed by atoms with Gasteiger partial charge in [0, 0.05) is 35.0 Å². The third-order valence-corrected chi connectivity index (χ3v) is 6.12. The average molecular weight is 450 g/mol. The number of ether oxygens (including phenoxy) is 2. The van der Waals surface area contributed by atoms with E-state index in [1.807, 2.05) is 35.2 Å². The maximum absolute atomic E-state index is 12.7. The molecule has 0 spiro atoms.